The Hall–Kier alpha value is -2.06. The first-order chi connectivity index (χ1) is 8.55. The summed E-state index contributed by atoms with van der Waals surface area (Å²) in [6, 6.07) is 0.557. The van der Waals surface area contributed by atoms with Gasteiger partial charge in [-0.15, -0.1) is 0 Å². The average Bonchev–Trinajstić information content (AvgIpc) is 2.25. The van der Waals surface area contributed by atoms with Crippen molar-refractivity contribution in [3.63, 3.8) is 0 Å². The van der Waals surface area contributed by atoms with Crippen LogP contribution in [0.25, 0.3) is 0 Å². The number of carboxylic acid groups (broad SMARTS) is 3. The molecule has 1 aromatic carbocycles. The monoisotopic (exact) mass is 288 g/mol. The molecule has 9 nitrogen and oxygen atoms in total. The van der Waals surface area contributed by atoms with Crippen LogP contribution >= 0.6 is 7.94 Å². The van der Waals surface area contributed by atoms with Crippen LogP contribution in [0, 0.1) is 0 Å². The van der Waals surface area contributed by atoms with E-state index in [4.69, 9.17) is 14.9 Å². The number of carboxylic acids is 3. The van der Waals surface area contributed by atoms with Crippen molar-refractivity contribution in [3.8, 4) is 0 Å². The smallest absolute Gasteiger partial charge is 0.339 e. The summed E-state index contributed by atoms with van der Waals surface area (Å²) in [4.78, 5) is 61.1. The molecule has 19 heavy (non-hydrogen) atoms. The molecule has 0 saturated carbocycles. The van der Waals surface area contributed by atoms with E-state index in [1.165, 1.54) is 0 Å². The van der Waals surface area contributed by atoms with Crippen LogP contribution in [-0.4, -0.2) is 32.8 Å². The van der Waals surface area contributed by atoms with Crippen molar-refractivity contribution in [3.05, 3.63) is 28.8 Å². The molecule has 0 aliphatic heterocycles. The zero-order valence-corrected chi connectivity index (χ0v) is 9.79. The summed E-state index contributed by atoms with van der Waals surface area (Å²) in [6.45, 7) is 0. The quantitative estimate of drug-likeness (QED) is 0.463. The number of aromatic carboxylic acids is 3. The van der Waals surface area contributed by atoms with Gasteiger partial charge in [-0.1, -0.05) is 0 Å². The van der Waals surface area contributed by atoms with Crippen LogP contribution in [0.5, 0.6) is 0 Å². The van der Waals surface area contributed by atoms with Gasteiger partial charge in [-0.3, -0.25) is 0 Å². The zero-order chi connectivity index (χ0) is 15.0. The molecule has 102 valence electrons. The van der Waals surface area contributed by atoms with E-state index in [2.05, 4.69) is 0 Å². The van der Waals surface area contributed by atoms with Crippen molar-refractivity contribution in [2.24, 2.45) is 0 Å². The highest BCUT2D eigenvalue weighted by Gasteiger charge is 2.32. The maximum atomic E-state index is 11.1. The Labute approximate surface area is 105 Å². The molecule has 0 spiro atoms. The number of carbonyl (C=O) groups is 3. The molecule has 10 heteroatoms. The van der Waals surface area contributed by atoms with Crippen LogP contribution in [0.4, 0.5) is 0 Å². The lowest BCUT2D eigenvalue weighted by molar-refractivity contribution is -0.259. The number of hydrogen-bond acceptors (Lipinski definition) is 8. The number of benzene rings is 1. The predicted octanol–water partition coefficient (Wildman–Crippen LogP) is -4.16. The largest absolute Gasteiger partial charge is 0.627 e. The van der Waals surface area contributed by atoms with E-state index in [-0.39, 0.29) is 6.07 Å². The van der Waals surface area contributed by atoms with Gasteiger partial charge in [0.15, 0.2) is 5.30 Å². The third-order valence-corrected chi connectivity index (χ3v) is 3.12. The van der Waals surface area contributed by atoms with Crippen molar-refractivity contribution < 1.29 is 44.4 Å². The van der Waals surface area contributed by atoms with E-state index in [0.717, 1.165) is 0 Å². The first-order valence-corrected chi connectivity index (χ1v) is 6.07. The second-order valence-electron chi connectivity index (χ2n) is 3.34. The van der Waals surface area contributed by atoms with Crippen LogP contribution in [0.15, 0.2) is 12.1 Å². The number of rotatable bonds is 4. The Balaban J connectivity index is 3.75. The van der Waals surface area contributed by atoms with Gasteiger partial charge in [0.2, 0.25) is 0 Å². The normalized spacial score (nSPS) is 11.1. The molecule has 0 heterocycles. The van der Waals surface area contributed by atoms with Gasteiger partial charge in [-0.05, 0) is 12.1 Å². The minimum atomic E-state index is -5.11. The van der Waals surface area contributed by atoms with E-state index in [9.17, 15) is 29.5 Å². The Morgan fingerprint density at radius 2 is 1.37 bits per heavy atom. The van der Waals surface area contributed by atoms with E-state index < -0.39 is 47.8 Å². The molecular weight excluding hydrogens is 283 g/mol. The maximum Gasteiger partial charge on any atom is 0.339 e. The number of carbonyl (C=O) groups excluding carboxylic acids is 2. The third kappa shape index (κ3) is 3.04. The Bertz CT molecular complexity index is 572. The van der Waals surface area contributed by atoms with Crippen molar-refractivity contribution in [2.45, 2.75) is 0 Å². The summed E-state index contributed by atoms with van der Waals surface area (Å²) in [5.74, 6) is -5.88. The standard InChI is InChI=1S/C9H7O9P/c10-7(11)3-1-5(9(14)15)6(19(16,17)18)2-4(3)8(12)13/h1-2H,(H,10,11)(H,12,13)(H,14,15)(H2,16,17,18)/p-2. The SMILES string of the molecule is O=C([O-])c1cc(C(=O)O)c([P+]([O-])(O)O)cc1C(=O)[O-]. The van der Waals surface area contributed by atoms with Crippen LogP contribution in [0.1, 0.15) is 31.1 Å². The highest BCUT2D eigenvalue weighted by atomic mass is 31.2. The molecule has 1 rings (SSSR count). The summed E-state index contributed by atoms with van der Waals surface area (Å²) >= 11 is 0. The van der Waals surface area contributed by atoms with Gasteiger partial charge < -0.3 is 29.8 Å². The molecule has 0 radical (unpaired) electrons. The molecule has 0 aliphatic rings. The second-order valence-corrected chi connectivity index (χ2v) is 4.91. The van der Waals surface area contributed by atoms with Gasteiger partial charge >= 0.3 is 5.97 Å². The lowest BCUT2D eigenvalue weighted by atomic mass is 10.0. The fourth-order valence-corrected chi connectivity index (χ4v) is 2.11. The predicted molar refractivity (Wildman–Crippen MR) is 53.1 cm³/mol. The Morgan fingerprint density at radius 1 is 0.947 bits per heavy atom. The van der Waals surface area contributed by atoms with Gasteiger partial charge in [-0.2, -0.15) is 0 Å². The van der Waals surface area contributed by atoms with E-state index >= 15 is 0 Å². The van der Waals surface area contributed by atoms with Crippen LogP contribution in [-0.2, 0) is 0 Å². The van der Waals surface area contributed by atoms with Gasteiger partial charge in [0.25, 0.3) is 7.94 Å². The zero-order valence-electron chi connectivity index (χ0n) is 8.89. The lowest BCUT2D eigenvalue weighted by Gasteiger charge is -2.20. The number of hydrogen-bond donors (Lipinski definition) is 3. The van der Waals surface area contributed by atoms with E-state index in [1.807, 2.05) is 0 Å². The van der Waals surface area contributed by atoms with Crippen LogP contribution in [0.3, 0.4) is 0 Å². The molecule has 0 saturated heterocycles. The molecule has 0 aliphatic carbocycles. The molecule has 0 amide bonds. The average molecular weight is 288 g/mol. The van der Waals surface area contributed by atoms with E-state index in [1.54, 1.807) is 0 Å². The van der Waals surface area contributed by atoms with Crippen LogP contribution in [0.2, 0.25) is 0 Å². The fourth-order valence-electron chi connectivity index (χ4n) is 1.34. The van der Waals surface area contributed by atoms with Gasteiger partial charge in [-0.25, -0.2) is 14.6 Å². The first kappa shape index (κ1) is 15.0. The maximum absolute atomic E-state index is 11.1. The summed E-state index contributed by atoms with van der Waals surface area (Å²) in [6.07, 6.45) is 0. The minimum absolute atomic E-state index is 0.255. The molecule has 0 aromatic heterocycles. The topological polar surface area (TPSA) is 181 Å². The third-order valence-electron chi connectivity index (χ3n) is 2.12. The Kier molecular flexibility index (Phi) is 3.87. The molecule has 1 aromatic rings. The summed E-state index contributed by atoms with van der Waals surface area (Å²) in [5, 5.41) is 29.0. The fraction of sp³-hybridized carbons (Fsp3) is 0. The summed E-state index contributed by atoms with van der Waals surface area (Å²) in [5.41, 5.74) is -3.16. The Morgan fingerprint density at radius 3 is 1.68 bits per heavy atom. The second kappa shape index (κ2) is 4.90. The molecule has 0 fully saturated rings. The highest BCUT2D eigenvalue weighted by Crippen LogP contribution is 2.39. The molecular formula is C9H5O9P-2. The summed E-state index contributed by atoms with van der Waals surface area (Å²) < 4.78 is 0. The molecule has 0 atom stereocenters. The highest BCUT2D eigenvalue weighted by molar-refractivity contribution is 7.65. The molecule has 0 bridgehead atoms. The van der Waals surface area contributed by atoms with Crippen molar-refractivity contribution in [1.82, 2.24) is 0 Å². The molecule has 3 N–H and O–H groups in total. The lowest BCUT2D eigenvalue weighted by Crippen LogP contribution is -2.34. The van der Waals surface area contributed by atoms with Gasteiger partial charge in [0, 0.05) is 11.1 Å². The summed E-state index contributed by atoms with van der Waals surface area (Å²) in [7, 11) is -5.11. The van der Waals surface area contributed by atoms with E-state index in [0.29, 0.717) is 6.07 Å². The van der Waals surface area contributed by atoms with Gasteiger partial charge in [0.1, 0.15) is 5.56 Å². The van der Waals surface area contributed by atoms with Crippen LogP contribution < -0.4 is 20.4 Å². The first-order valence-electron chi connectivity index (χ1n) is 4.46. The minimum Gasteiger partial charge on any atom is -0.627 e. The van der Waals surface area contributed by atoms with Crippen molar-refractivity contribution >= 4 is 31.2 Å². The van der Waals surface area contributed by atoms with Crippen molar-refractivity contribution in [1.29, 1.82) is 0 Å². The molecule has 0 unspecified atom stereocenters. The van der Waals surface area contributed by atoms with Gasteiger partial charge in [0.05, 0.1) is 11.9 Å². The van der Waals surface area contributed by atoms with Crippen molar-refractivity contribution in [2.75, 3.05) is 0 Å².